The molecular weight excluding hydrogens is 296 g/mol. The number of anilines is 1. The molecule has 0 bridgehead atoms. The van der Waals surface area contributed by atoms with E-state index in [1.54, 1.807) is 17.4 Å². The van der Waals surface area contributed by atoms with Crippen LogP contribution in [0.3, 0.4) is 0 Å². The number of carbonyl (C=O) groups is 1. The van der Waals surface area contributed by atoms with E-state index in [9.17, 15) is 4.79 Å². The number of rotatable bonds is 5. The van der Waals surface area contributed by atoms with Crippen LogP contribution in [-0.2, 0) is 6.54 Å². The molecule has 0 aromatic carbocycles. The summed E-state index contributed by atoms with van der Waals surface area (Å²) in [6.07, 6.45) is 2.22. The van der Waals surface area contributed by atoms with Crippen LogP contribution in [-0.4, -0.2) is 22.1 Å². The first-order valence-electron chi connectivity index (χ1n) is 6.32. The van der Waals surface area contributed by atoms with Gasteiger partial charge in [0.25, 0.3) is 0 Å². The van der Waals surface area contributed by atoms with E-state index < -0.39 is 5.97 Å². The minimum absolute atomic E-state index is 0.177. The Morgan fingerprint density at radius 3 is 2.90 bits per heavy atom. The first-order valence-corrected chi connectivity index (χ1v) is 7.64. The Balaban J connectivity index is 1.93. The van der Waals surface area contributed by atoms with Gasteiger partial charge in [0.05, 0.1) is 5.56 Å². The molecule has 20 heavy (non-hydrogen) atoms. The lowest BCUT2D eigenvalue weighted by Crippen LogP contribution is -2.26. The molecule has 1 fully saturated rings. The Hall–Kier alpha value is -1.59. The van der Waals surface area contributed by atoms with E-state index in [1.165, 1.54) is 11.6 Å². The maximum Gasteiger partial charge on any atom is 0.335 e. The molecule has 2 aromatic rings. The van der Waals surface area contributed by atoms with Crippen LogP contribution in [0, 0.1) is 0 Å². The van der Waals surface area contributed by atoms with Crippen molar-refractivity contribution in [1.82, 2.24) is 4.98 Å². The van der Waals surface area contributed by atoms with E-state index in [4.69, 9.17) is 16.7 Å². The van der Waals surface area contributed by atoms with Crippen LogP contribution in [0.2, 0.25) is 5.15 Å². The smallest absolute Gasteiger partial charge is 0.335 e. The molecule has 0 atom stereocenters. The fraction of sp³-hybridized carbons (Fsp3) is 0.286. The maximum atomic E-state index is 11.1. The van der Waals surface area contributed by atoms with Crippen LogP contribution < -0.4 is 4.90 Å². The molecule has 1 saturated carbocycles. The zero-order chi connectivity index (χ0) is 14.1. The van der Waals surface area contributed by atoms with Gasteiger partial charge in [-0.1, -0.05) is 11.6 Å². The number of halogens is 1. The third-order valence-corrected chi connectivity index (χ3v) is 4.17. The summed E-state index contributed by atoms with van der Waals surface area (Å²) in [7, 11) is 0. The minimum atomic E-state index is -0.984. The molecule has 1 aliphatic carbocycles. The number of carboxylic acids is 1. The number of thiophene rings is 1. The van der Waals surface area contributed by atoms with E-state index in [1.807, 2.05) is 5.38 Å². The number of aromatic nitrogens is 1. The molecule has 2 heterocycles. The average molecular weight is 309 g/mol. The van der Waals surface area contributed by atoms with Crippen molar-refractivity contribution in [3.8, 4) is 0 Å². The first kappa shape index (κ1) is 13.4. The second-order valence-electron chi connectivity index (χ2n) is 4.83. The van der Waals surface area contributed by atoms with Gasteiger partial charge in [-0.2, -0.15) is 11.3 Å². The molecule has 1 aliphatic rings. The van der Waals surface area contributed by atoms with E-state index in [0.717, 1.165) is 19.4 Å². The van der Waals surface area contributed by atoms with Crippen LogP contribution >= 0.6 is 22.9 Å². The van der Waals surface area contributed by atoms with E-state index in [0.29, 0.717) is 11.9 Å². The molecule has 3 rings (SSSR count). The molecule has 0 saturated heterocycles. The van der Waals surface area contributed by atoms with Gasteiger partial charge in [0.2, 0.25) is 0 Å². The Morgan fingerprint density at radius 1 is 1.50 bits per heavy atom. The SMILES string of the molecule is O=C(O)c1cc(Cl)nc(N(Cc2ccsc2)C2CC2)c1. The topological polar surface area (TPSA) is 53.4 Å². The van der Waals surface area contributed by atoms with E-state index in [2.05, 4.69) is 21.3 Å². The summed E-state index contributed by atoms with van der Waals surface area (Å²) in [5.41, 5.74) is 1.39. The van der Waals surface area contributed by atoms with E-state index >= 15 is 0 Å². The second kappa shape index (κ2) is 5.42. The number of pyridine rings is 1. The molecule has 1 N–H and O–H groups in total. The normalized spacial score (nSPS) is 14.2. The van der Waals surface area contributed by atoms with Gasteiger partial charge < -0.3 is 10.0 Å². The molecule has 0 amide bonds. The molecule has 104 valence electrons. The van der Waals surface area contributed by atoms with Crippen molar-refractivity contribution >= 4 is 34.7 Å². The Labute approximate surface area is 125 Å². The highest BCUT2D eigenvalue weighted by Gasteiger charge is 2.30. The molecule has 0 spiro atoms. The van der Waals surface area contributed by atoms with Crippen molar-refractivity contribution in [3.05, 3.63) is 45.2 Å². The molecule has 2 aromatic heterocycles. The van der Waals surface area contributed by atoms with Crippen molar-refractivity contribution in [3.63, 3.8) is 0 Å². The Kier molecular flexibility index (Phi) is 3.63. The van der Waals surface area contributed by atoms with Crippen molar-refractivity contribution in [2.24, 2.45) is 0 Å². The maximum absolute atomic E-state index is 11.1. The van der Waals surface area contributed by atoms with Crippen molar-refractivity contribution in [2.45, 2.75) is 25.4 Å². The van der Waals surface area contributed by atoms with Crippen LogP contribution in [0.1, 0.15) is 28.8 Å². The van der Waals surface area contributed by atoms with Crippen LogP contribution in [0.4, 0.5) is 5.82 Å². The second-order valence-corrected chi connectivity index (χ2v) is 6.00. The van der Waals surface area contributed by atoms with Crippen molar-refractivity contribution in [1.29, 1.82) is 0 Å². The van der Waals surface area contributed by atoms with Crippen LogP contribution in [0.15, 0.2) is 29.0 Å². The Bertz CT molecular complexity index is 626. The highest BCUT2D eigenvalue weighted by atomic mass is 35.5. The largest absolute Gasteiger partial charge is 0.478 e. The van der Waals surface area contributed by atoms with Gasteiger partial charge in [0, 0.05) is 12.6 Å². The summed E-state index contributed by atoms with van der Waals surface area (Å²) < 4.78 is 0. The van der Waals surface area contributed by atoms with Gasteiger partial charge in [0.15, 0.2) is 0 Å². The predicted molar refractivity (Wildman–Crippen MR) is 79.7 cm³/mol. The molecule has 4 nitrogen and oxygen atoms in total. The zero-order valence-electron chi connectivity index (χ0n) is 10.6. The summed E-state index contributed by atoms with van der Waals surface area (Å²) in [5.74, 6) is -0.342. The molecule has 0 unspecified atom stereocenters. The first-order chi connectivity index (χ1) is 9.63. The standard InChI is InChI=1S/C14H13ClN2O2S/c15-12-5-10(14(18)19)6-13(16-12)17(11-1-2-11)7-9-3-4-20-8-9/h3-6,8,11H,1-2,7H2,(H,18,19). The summed E-state index contributed by atoms with van der Waals surface area (Å²) in [4.78, 5) is 17.6. The quantitative estimate of drug-likeness (QED) is 0.856. The lowest BCUT2D eigenvalue weighted by atomic mass is 10.2. The van der Waals surface area contributed by atoms with Gasteiger partial charge in [-0.05, 0) is 47.4 Å². The van der Waals surface area contributed by atoms with Crippen molar-refractivity contribution < 1.29 is 9.90 Å². The summed E-state index contributed by atoms with van der Waals surface area (Å²) in [5, 5.41) is 13.5. The molecule has 0 radical (unpaired) electrons. The lowest BCUT2D eigenvalue weighted by molar-refractivity contribution is 0.0697. The van der Waals surface area contributed by atoms with Gasteiger partial charge in [-0.15, -0.1) is 0 Å². The predicted octanol–water partition coefficient (Wildman–Crippen LogP) is 3.66. The fourth-order valence-electron chi connectivity index (χ4n) is 2.12. The van der Waals surface area contributed by atoms with E-state index in [-0.39, 0.29) is 10.7 Å². The van der Waals surface area contributed by atoms with Gasteiger partial charge in [-0.3, -0.25) is 0 Å². The van der Waals surface area contributed by atoms with Crippen LogP contribution in [0.5, 0.6) is 0 Å². The van der Waals surface area contributed by atoms with Gasteiger partial charge >= 0.3 is 5.97 Å². The zero-order valence-corrected chi connectivity index (χ0v) is 12.2. The summed E-state index contributed by atoms with van der Waals surface area (Å²) in [6, 6.07) is 5.48. The van der Waals surface area contributed by atoms with Crippen molar-refractivity contribution in [2.75, 3.05) is 4.90 Å². The van der Waals surface area contributed by atoms with Gasteiger partial charge in [-0.25, -0.2) is 9.78 Å². The third kappa shape index (κ3) is 2.94. The average Bonchev–Trinajstić information content (AvgIpc) is 3.12. The van der Waals surface area contributed by atoms with Crippen LogP contribution in [0.25, 0.3) is 0 Å². The minimum Gasteiger partial charge on any atom is -0.478 e. The summed E-state index contributed by atoms with van der Waals surface area (Å²) in [6.45, 7) is 0.737. The highest BCUT2D eigenvalue weighted by molar-refractivity contribution is 7.07. The number of aromatic carboxylic acids is 1. The lowest BCUT2D eigenvalue weighted by Gasteiger charge is -2.23. The number of hydrogen-bond donors (Lipinski definition) is 1. The number of hydrogen-bond acceptors (Lipinski definition) is 4. The molecule has 6 heteroatoms. The number of carboxylic acid groups (broad SMARTS) is 1. The Morgan fingerprint density at radius 2 is 2.30 bits per heavy atom. The molecular formula is C14H13ClN2O2S. The molecule has 0 aliphatic heterocycles. The highest BCUT2D eigenvalue weighted by Crippen LogP contribution is 2.33. The van der Waals surface area contributed by atoms with Gasteiger partial charge in [0.1, 0.15) is 11.0 Å². The fourth-order valence-corrected chi connectivity index (χ4v) is 2.98. The number of nitrogens with zero attached hydrogens (tertiary/aromatic N) is 2. The third-order valence-electron chi connectivity index (χ3n) is 3.24. The summed E-state index contributed by atoms with van der Waals surface area (Å²) >= 11 is 7.60. The monoisotopic (exact) mass is 308 g/mol.